The van der Waals surface area contributed by atoms with Gasteiger partial charge in [0.05, 0.1) is 18.8 Å². The topological polar surface area (TPSA) is 82.5 Å². The lowest BCUT2D eigenvalue weighted by atomic mass is 10.2. The van der Waals surface area contributed by atoms with E-state index in [0.717, 1.165) is 10.7 Å². The van der Waals surface area contributed by atoms with Gasteiger partial charge in [-0.25, -0.2) is 4.68 Å². The lowest BCUT2D eigenvalue weighted by Gasteiger charge is -2.14. The van der Waals surface area contributed by atoms with Gasteiger partial charge in [-0.1, -0.05) is 11.6 Å². The first-order valence-electron chi connectivity index (χ1n) is 7.57. The van der Waals surface area contributed by atoms with Crippen LogP contribution in [-0.2, 0) is 11.3 Å². The summed E-state index contributed by atoms with van der Waals surface area (Å²) in [5.41, 5.74) is -0.610. The lowest BCUT2D eigenvalue weighted by molar-refractivity contribution is -0.153. The van der Waals surface area contributed by atoms with Crippen molar-refractivity contribution in [3.8, 4) is 5.75 Å². The molecule has 2 rings (SSSR count). The maximum absolute atomic E-state index is 12.4. The van der Waals surface area contributed by atoms with Crippen LogP contribution >= 0.6 is 11.6 Å². The van der Waals surface area contributed by atoms with Crippen LogP contribution in [0.1, 0.15) is 10.5 Å². The molecule has 0 aliphatic carbocycles. The van der Waals surface area contributed by atoms with Crippen LogP contribution in [0.3, 0.4) is 0 Å². The number of methoxy groups -OCH3 is 1. The number of hydrogen-bond donors (Lipinski definition) is 1. The molecule has 0 radical (unpaired) electrons. The predicted octanol–water partition coefficient (Wildman–Crippen LogP) is 2.74. The zero-order valence-electron chi connectivity index (χ0n) is 14.0. The summed E-state index contributed by atoms with van der Waals surface area (Å²) in [4.78, 5) is 24.1. The Morgan fingerprint density at radius 3 is 2.70 bits per heavy atom. The molecule has 0 bridgehead atoms. The summed E-state index contributed by atoms with van der Waals surface area (Å²) in [7, 11) is 1.45. The van der Waals surface area contributed by atoms with E-state index in [1.165, 1.54) is 31.4 Å². The van der Waals surface area contributed by atoms with Gasteiger partial charge in [0.1, 0.15) is 11.4 Å². The Bertz CT molecular complexity index is 871. The molecule has 0 spiro atoms. The van der Waals surface area contributed by atoms with Crippen LogP contribution in [0.25, 0.3) is 0 Å². The van der Waals surface area contributed by atoms with E-state index in [-0.39, 0.29) is 35.3 Å². The molecule has 0 saturated carbocycles. The van der Waals surface area contributed by atoms with Crippen molar-refractivity contribution in [1.29, 1.82) is 0 Å². The van der Waals surface area contributed by atoms with Gasteiger partial charge in [-0.15, -0.1) is 0 Å². The van der Waals surface area contributed by atoms with E-state index in [9.17, 15) is 22.8 Å². The van der Waals surface area contributed by atoms with Crippen molar-refractivity contribution < 1.29 is 27.4 Å². The maximum Gasteiger partial charge on any atom is 0.422 e. The van der Waals surface area contributed by atoms with Gasteiger partial charge >= 0.3 is 6.18 Å². The van der Waals surface area contributed by atoms with Crippen molar-refractivity contribution in [2.24, 2.45) is 0 Å². The van der Waals surface area contributed by atoms with Crippen molar-refractivity contribution in [2.45, 2.75) is 12.7 Å². The van der Waals surface area contributed by atoms with Crippen LogP contribution in [0.15, 0.2) is 35.1 Å². The highest BCUT2D eigenvalue weighted by Gasteiger charge is 2.29. The Morgan fingerprint density at radius 2 is 2.04 bits per heavy atom. The number of nitrogens with zero attached hydrogens (tertiary/aromatic N) is 2. The van der Waals surface area contributed by atoms with Gasteiger partial charge in [0.25, 0.3) is 11.5 Å². The number of nitrogens with one attached hydrogen (secondary N) is 1. The number of halogens is 4. The molecular weight excluding hydrogens is 391 g/mol. The fraction of sp³-hybridized carbons (Fsp3) is 0.312. The minimum Gasteiger partial charge on any atom is -0.482 e. The van der Waals surface area contributed by atoms with Crippen molar-refractivity contribution in [2.75, 3.05) is 25.6 Å². The van der Waals surface area contributed by atoms with Gasteiger partial charge in [0.15, 0.2) is 6.61 Å². The molecular formula is C16H15ClF3N3O4. The summed E-state index contributed by atoms with van der Waals surface area (Å²) < 4.78 is 47.7. The summed E-state index contributed by atoms with van der Waals surface area (Å²) in [5, 5.41) is 6.47. The van der Waals surface area contributed by atoms with E-state index in [0.29, 0.717) is 0 Å². The quantitative estimate of drug-likeness (QED) is 0.766. The molecule has 1 aromatic carbocycles. The summed E-state index contributed by atoms with van der Waals surface area (Å²) in [5.74, 6) is -0.960. The third kappa shape index (κ3) is 6.26. The Hall–Kier alpha value is -2.59. The minimum atomic E-state index is -4.54. The van der Waals surface area contributed by atoms with E-state index in [1.54, 1.807) is 0 Å². The first-order valence-corrected chi connectivity index (χ1v) is 7.95. The van der Waals surface area contributed by atoms with Gasteiger partial charge < -0.3 is 14.8 Å². The third-order valence-electron chi connectivity index (χ3n) is 3.19. The van der Waals surface area contributed by atoms with Gasteiger partial charge in [-0.3, -0.25) is 9.59 Å². The van der Waals surface area contributed by atoms with Crippen LogP contribution < -0.4 is 15.6 Å². The summed E-state index contributed by atoms with van der Waals surface area (Å²) in [6, 6.07) is 6.12. The average molecular weight is 406 g/mol. The molecule has 1 N–H and O–H groups in total. The fourth-order valence-corrected chi connectivity index (χ4v) is 2.15. The molecule has 0 aliphatic heterocycles. The van der Waals surface area contributed by atoms with E-state index in [4.69, 9.17) is 21.1 Å². The highest BCUT2D eigenvalue weighted by molar-refractivity contribution is 6.31. The van der Waals surface area contributed by atoms with Gasteiger partial charge in [-0.2, -0.15) is 18.3 Å². The number of amides is 1. The van der Waals surface area contributed by atoms with Crippen molar-refractivity contribution in [3.63, 3.8) is 0 Å². The molecule has 0 unspecified atom stereocenters. The second-order valence-electron chi connectivity index (χ2n) is 5.27. The van der Waals surface area contributed by atoms with E-state index in [1.807, 2.05) is 0 Å². The fourth-order valence-electron chi connectivity index (χ4n) is 1.98. The first-order chi connectivity index (χ1) is 12.7. The summed E-state index contributed by atoms with van der Waals surface area (Å²) >= 11 is 5.84. The normalized spacial score (nSPS) is 11.3. The van der Waals surface area contributed by atoms with Crippen LogP contribution in [0.5, 0.6) is 5.75 Å². The largest absolute Gasteiger partial charge is 0.482 e. The molecule has 1 amide bonds. The van der Waals surface area contributed by atoms with Gasteiger partial charge in [-0.05, 0) is 24.3 Å². The molecule has 11 heteroatoms. The number of ether oxygens (including phenoxy) is 2. The first kappa shape index (κ1) is 20.7. The molecule has 2 aromatic rings. The van der Waals surface area contributed by atoms with Crippen LogP contribution in [-0.4, -0.2) is 42.2 Å². The van der Waals surface area contributed by atoms with Crippen molar-refractivity contribution in [1.82, 2.24) is 9.78 Å². The van der Waals surface area contributed by atoms with Gasteiger partial charge in [0, 0.05) is 18.2 Å². The second-order valence-corrected chi connectivity index (χ2v) is 5.71. The number of aromatic nitrogens is 2. The van der Waals surface area contributed by atoms with Gasteiger partial charge in [0.2, 0.25) is 0 Å². The number of benzene rings is 1. The standard InChI is InChI=1S/C16H15ClF3N3O4/c1-26-7-6-23-14(24)5-3-11(22-23)15(25)21-12-8-10(17)2-4-13(12)27-9-16(18,19)20/h2-5,8H,6-7,9H2,1H3,(H,21,25). The number of hydrogen-bond acceptors (Lipinski definition) is 5. The van der Waals surface area contributed by atoms with Crippen LogP contribution in [0, 0.1) is 0 Å². The Balaban J connectivity index is 2.22. The van der Waals surface area contributed by atoms with E-state index >= 15 is 0 Å². The van der Waals surface area contributed by atoms with Crippen LogP contribution in [0.2, 0.25) is 5.02 Å². The van der Waals surface area contributed by atoms with Crippen molar-refractivity contribution in [3.05, 3.63) is 51.4 Å². The Labute approximate surface area is 156 Å². The SMILES string of the molecule is COCCn1nc(C(=O)Nc2cc(Cl)ccc2OCC(F)(F)F)ccc1=O. The summed E-state index contributed by atoms with van der Waals surface area (Å²) in [6.07, 6.45) is -4.54. The molecule has 1 heterocycles. The molecule has 0 fully saturated rings. The zero-order chi connectivity index (χ0) is 20.0. The second kappa shape index (κ2) is 8.87. The maximum atomic E-state index is 12.4. The smallest absolute Gasteiger partial charge is 0.422 e. The molecule has 1 aromatic heterocycles. The molecule has 0 saturated heterocycles. The highest BCUT2D eigenvalue weighted by atomic mass is 35.5. The summed E-state index contributed by atoms with van der Waals surface area (Å²) in [6.45, 7) is -1.19. The monoisotopic (exact) mass is 405 g/mol. The zero-order valence-corrected chi connectivity index (χ0v) is 14.8. The molecule has 146 valence electrons. The lowest BCUT2D eigenvalue weighted by Crippen LogP contribution is -2.27. The number of alkyl halides is 3. The third-order valence-corrected chi connectivity index (χ3v) is 3.42. The van der Waals surface area contributed by atoms with E-state index in [2.05, 4.69) is 10.4 Å². The minimum absolute atomic E-state index is 0.0619. The van der Waals surface area contributed by atoms with Crippen LogP contribution in [0.4, 0.5) is 18.9 Å². The number of carbonyl (C=O) groups is 1. The molecule has 0 aliphatic rings. The number of carbonyl (C=O) groups excluding carboxylic acids is 1. The Morgan fingerprint density at radius 1 is 1.30 bits per heavy atom. The number of rotatable bonds is 7. The van der Waals surface area contributed by atoms with Crippen molar-refractivity contribution >= 4 is 23.2 Å². The number of anilines is 1. The highest BCUT2D eigenvalue weighted by Crippen LogP contribution is 2.30. The predicted molar refractivity (Wildman–Crippen MR) is 91.3 cm³/mol. The average Bonchev–Trinajstić information content (AvgIpc) is 2.59. The molecule has 27 heavy (non-hydrogen) atoms. The molecule has 0 atom stereocenters. The Kier molecular flexibility index (Phi) is 6.81. The molecule has 7 nitrogen and oxygen atoms in total. The van der Waals surface area contributed by atoms with E-state index < -0.39 is 24.2 Å².